The maximum absolute atomic E-state index is 8.56. The van der Waals surface area contributed by atoms with Crippen molar-refractivity contribution >= 4 is 6.16 Å². The molecule has 0 unspecified atom stereocenters. The standard InChI is InChI=1S/CH2O3.2Pm/c2-1(3)4;;/h(H2,2,3,4);;. The zero-order valence-corrected chi connectivity index (χ0v) is 8.44. The summed E-state index contributed by atoms with van der Waals surface area (Å²) in [5.41, 5.74) is 0. The first-order valence-electron chi connectivity index (χ1n) is 0.651. The zero-order valence-electron chi connectivity index (χ0n) is 2.70. The van der Waals surface area contributed by atoms with Crippen molar-refractivity contribution in [2.45, 2.75) is 0 Å². The molecule has 0 aliphatic heterocycles. The summed E-state index contributed by atoms with van der Waals surface area (Å²) in [5.74, 6) is 0. The number of hydrogen-bond donors (Lipinski definition) is 2. The van der Waals surface area contributed by atoms with Crippen LogP contribution in [0.1, 0.15) is 0 Å². The molecule has 0 aromatic rings. The predicted molar refractivity (Wildman–Crippen MR) is 10.7 cm³/mol. The summed E-state index contributed by atoms with van der Waals surface area (Å²) in [5, 5.41) is 13.9. The van der Waals surface area contributed by atoms with Gasteiger partial charge in [0.2, 0.25) is 0 Å². The summed E-state index contributed by atoms with van der Waals surface area (Å²) < 4.78 is 0. The third kappa shape index (κ3) is 38.4. The van der Waals surface area contributed by atoms with E-state index in [9.17, 15) is 0 Å². The fourth-order valence-corrected chi connectivity index (χ4v) is 0. The first kappa shape index (κ1) is 15.7. The molecule has 0 amide bonds. The van der Waals surface area contributed by atoms with Crippen LogP contribution in [0.4, 0.5) is 4.79 Å². The van der Waals surface area contributed by atoms with Crippen molar-refractivity contribution in [3.8, 4) is 0 Å². The fraction of sp³-hybridized carbons (Fsp3) is 0. The SMILES string of the molecule is O=C(O)O.[Pm].[Pm]. The number of hydrogen-bond acceptors (Lipinski definition) is 1. The second-order valence-electron chi connectivity index (χ2n) is 0.283. The molecule has 6 heavy (non-hydrogen) atoms. The van der Waals surface area contributed by atoms with E-state index in [-0.39, 0.29) is 80.8 Å². The second-order valence-corrected chi connectivity index (χ2v) is 0.283. The molecule has 0 heterocycles. The molecule has 0 aliphatic carbocycles. The smallest absolute Gasteiger partial charge is 0.450 e. The van der Waals surface area contributed by atoms with Crippen molar-refractivity contribution in [3.63, 3.8) is 0 Å². The summed E-state index contributed by atoms with van der Waals surface area (Å²) in [6, 6.07) is 0. The molecular weight excluding hydrogens is 350 g/mol. The van der Waals surface area contributed by atoms with Crippen LogP contribution >= 0.6 is 0 Å². The van der Waals surface area contributed by atoms with Gasteiger partial charge in [-0.25, -0.2) is 4.79 Å². The van der Waals surface area contributed by atoms with E-state index < -0.39 is 6.16 Å². The van der Waals surface area contributed by atoms with E-state index in [0.29, 0.717) is 0 Å². The van der Waals surface area contributed by atoms with Crippen LogP contribution in [0.2, 0.25) is 0 Å². The molecule has 34 valence electrons. The average Bonchev–Trinajstić information content (AvgIpc) is 0.811. The van der Waals surface area contributed by atoms with Gasteiger partial charge in [-0.15, -0.1) is 0 Å². The summed E-state index contributed by atoms with van der Waals surface area (Å²) >= 11 is 0. The Labute approximate surface area is 99.7 Å². The Hall–Kier alpha value is 1.95. The van der Waals surface area contributed by atoms with E-state index in [1.807, 2.05) is 0 Å². The van der Waals surface area contributed by atoms with Gasteiger partial charge in [-0.1, -0.05) is 0 Å². The maximum atomic E-state index is 8.56. The van der Waals surface area contributed by atoms with E-state index in [1.165, 1.54) is 0 Å². The quantitative estimate of drug-likeness (QED) is 0.656. The first-order valence-corrected chi connectivity index (χ1v) is 0.651. The van der Waals surface area contributed by atoms with Crippen molar-refractivity contribution in [2.24, 2.45) is 0 Å². The Bertz CT molecular complexity index is 31.8. The number of carbonyl (C=O) groups is 1. The van der Waals surface area contributed by atoms with Crippen LogP contribution in [0.25, 0.3) is 0 Å². The van der Waals surface area contributed by atoms with Gasteiger partial charge in [-0.05, 0) is 0 Å². The third-order valence-electron chi connectivity index (χ3n) is 0. The van der Waals surface area contributed by atoms with Gasteiger partial charge in [0.25, 0.3) is 0 Å². The minimum Gasteiger partial charge on any atom is -0.450 e. The van der Waals surface area contributed by atoms with Crippen LogP contribution in [-0.4, -0.2) is 16.4 Å². The molecule has 2 radical (unpaired) electrons. The molecule has 0 aromatic carbocycles. The summed E-state index contributed by atoms with van der Waals surface area (Å²) in [6.45, 7) is 0. The molecule has 0 bridgehead atoms. The van der Waals surface area contributed by atoms with Gasteiger partial charge in [0.1, 0.15) is 0 Å². The average molecular weight is 352 g/mol. The van der Waals surface area contributed by atoms with Gasteiger partial charge in [-0.3, -0.25) is 0 Å². The van der Waals surface area contributed by atoms with Crippen molar-refractivity contribution in [1.29, 1.82) is 0 Å². The minimum absolute atomic E-state index is 0. The Morgan fingerprint density at radius 3 is 1.17 bits per heavy atom. The van der Waals surface area contributed by atoms with Crippen molar-refractivity contribution in [3.05, 3.63) is 0 Å². The van der Waals surface area contributed by atoms with Crippen LogP contribution in [0.3, 0.4) is 0 Å². The minimum atomic E-state index is -1.83. The summed E-state index contributed by atoms with van der Waals surface area (Å²) in [6.07, 6.45) is -1.83. The monoisotopic (exact) mass is 352 g/mol. The predicted octanol–water partition coefficient (Wildman–Crippen LogP) is 0.222. The topological polar surface area (TPSA) is 57.5 Å². The molecule has 0 saturated heterocycles. The first-order chi connectivity index (χ1) is 1.73. The molecule has 0 rings (SSSR count). The van der Waals surface area contributed by atoms with E-state index in [4.69, 9.17) is 15.0 Å². The summed E-state index contributed by atoms with van der Waals surface area (Å²) in [4.78, 5) is 8.56. The van der Waals surface area contributed by atoms with Crippen molar-refractivity contribution in [1.82, 2.24) is 0 Å². The Morgan fingerprint density at radius 1 is 1.17 bits per heavy atom. The van der Waals surface area contributed by atoms with Crippen LogP contribution in [0.15, 0.2) is 0 Å². The molecule has 0 aromatic heterocycles. The summed E-state index contributed by atoms with van der Waals surface area (Å²) in [7, 11) is 0. The molecular formula is CH2O3Pm2. The van der Waals surface area contributed by atoms with Crippen LogP contribution in [0.5, 0.6) is 0 Å². The van der Waals surface area contributed by atoms with Crippen molar-refractivity contribution < 1.29 is 95.8 Å². The molecule has 0 saturated carbocycles. The molecule has 2 N–H and O–H groups in total. The van der Waals surface area contributed by atoms with Crippen molar-refractivity contribution in [2.75, 3.05) is 0 Å². The normalized spacial score (nSPS) is 4.00. The van der Waals surface area contributed by atoms with Gasteiger partial charge >= 0.3 is 6.16 Å². The van der Waals surface area contributed by atoms with Gasteiger partial charge < -0.3 is 10.2 Å². The van der Waals surface area contributed by atoms with Crippen LogP contribution < -0.4 is 0 Å². The fourth-order valence-electron chi connectivity index (χ4n) is 0. The number of carboxylic acid groups (broad SMARTS) is 2. The van der Waals surface area contributed by atoms with Crippen LogP contribution in [0, 0.1) is 80.8 Å². The molecule has 0 spiro atoms. The van der Waals surface area contributed by atoms with Gasteiger partial charge in [0.05, 0.1) is 0 Å². The molecule has 3 nitrogen and oxygen atoms in total. The zero-order chi connectivity index (χ0) is 3.58. The third-order valence-corrected chi connectivity index (χ3v) is 0. The van der Waals surface area contributed by atoms with Gasteiger partial charge in [0, 0.05) is 80.8 Å². The molecule has 0 fully saturated rings. The maximum Gasteiger partial charge on any atom is 0.503 e. The van der Waals surface area contributed by atoms with E-state index in [0.717, 1.165) is 0 Å². The second kappa shape index (κ2) is 10.0. The molecule has 0 atom stereocenters. The Balaban J connectivity index is -0.0000000450. The molecule has 5 heteroatoms. The van der Waals surface area contributed by atoms with E-state index >= 15 is 0 Å². The molecule has 0 aliphatic rings. The van der Waals surface area contributed by atoms with Crippen LogP contribution in [-0.2, 0) is 0 Å². The largest absolute Gasteiger partial charge is 0.503 e. The van der Waals surface area contributed by atoms with Gasteiger partial charge in [0.15, 0.2) is 0 Å². The Kier molecular flexibility index (Phi) is 26.2. The Morgan fingerprint density at radius 2 is 1.17 bits per heavy atom. The van der Waals surface area contributed by atoms with E-state index in [1.54, 1.807) is 0 Å². The van der Waals surface area contributed by atoms with E-state index in [2.05, 4.69) is 0 Å². The van der Waals surface area contributed by atoms with Gasteiger partial charge in [-0.2, -0.15) is 0 Å². The number of rotatable bonds is 0.